The maximum Gasteiger partial charge on any atom is 0.272 e. The Bertz CT molecular complexity index is 1760. The summed E-state index contributed by atoms with van der Waals surface area (Å²) in [6.07, 6.45) is 0. The van der Waals surface area contributed by atoms with Crippen LogP contribution in [0.5, 0.6) is 5.75 Å². The number of halogens is 1. The fourth-order valence-corrected chi connectivity index (χ4v) is 5.63. The Balaban J connectivity index is 1.34. The van der Waals surface area contributed by atoms with Gasteiger partial charge in [0.05, 0.1) is 5.69 Å². The number of nitrogens with two attached hydrogens (primary N) is 1. The molecule has 0 aliphatic carbocycles. The van der Waals surface area contributed by atoms with Crippen LogP contribution >= 0.6 is 11.6 Å². The SMILES string of the molecule is Cc1cccc2c(O)cc3c(c12)[C@H](CCl)CN3C(=O)c1ccc2[nH]c(C(=O)Nc3cccc(N)c3)cc2c1. The first-order valence-electron chi connectivity index (χ1n) is 12.3. The molecule has 0 saturated carbocycles. The number of H-pyrrole nitrogens is 1. The maximum absolute atomic E-state index is 13.8. The van der Waals surface area contributed by atoms with Gasteiger partial charge in [0.1, 0.15) is 11.4 Å². The Hall–Kier alpha value is -4.49. The molecule has 8 heteroatoms. The van der Waals surface area contributed by atoms with Gasteiger partial charge in [-0.2, -0.15) is 0 Å². The van der Waals surface area contributed by atoms with E-state index in [0.29, 0.717) is 40.7 Å². The molecule has 0 bridgehead atoms. The summed E-state index contributed by atoms with van der Waals surface area (Å²) < 4.78 is 0. The van der Waals surface area contributed by atoms with E-state index in [-0.39, 0.29) is 23.5 Å². The first kappa shape index (κ1) is 23.9. The van der Waals surface area contributed by atoms with E-state index in [1.165, 1.54) is 0 Å². The zero-order chi connectivity index (χ0) is 26.6. The highest BCUT2D eigenvalue weighted by Crippen LogP contribution is 2.46. The fraction of sp³-hybridized carbons (Fsp3) is 0.133. The average Bonchev–Trinajstić information content (AvgIpc) is 3.49. The van der Waals surface area contributed by atoms with Crippen LogP contribution in [-0.4, -0.2) is 34.3 Å². The molecule has 0 saturated heterocycles. The first-order chi connectivity index (χ1) is 18.3. The van der Waals surface area contributed by atoms with Crippen LogP contribution in [0.4, 0.5) is 17.1 Å². The molecular weight excluding hydrogens is 500 g/mol. The molecule has 1 aliphatic heterocycles. The molecule has 0 unspecified atom stereocenters. The third-order valence-corrected chi connectivity index (χ3v) is 7.53. The minimum absolute atomic E-state index is 0.0573. The quantitative estimate of drug-likeness (QED) is 0.167. The van der Waals surface area contributed by atoms with Gasteiger partial charge in [-0.25, -0.2) is 0 Å². The van der Waals surface area contributed by atoms with E-state index in [9.17, 15) is 14.7 Å². The second-order valence-electron chi connectivity index (χ2n) is 9.66. The van der Waals surface area contributed by atoms with Gasteiger partial charge in [-0.3, -0.25) is 9.59 Å². The Morgan fingerprint density at radius 2 is 1.92 bits per heavy atom. The number of aromatic amines is 1. The molecule has 38 heavy (non-hydrogen) atoms. The van der Waals surface area contributed by atoms with Crippen LogP contribution in [-0.2, 0) is 0 Å². The summed E-state index contributed by atoms with van der Waals surface area (Å²) in [5.41, 5.74) is 11.2. The zero-order valence-corrected chi connectivity index (χ0v) is 21.3. The van der Waals surface area contributed by atoms with Gasteiger partial charge in [-0.1, -0.05) is 24.3 Å². The summed E-state index contributed by atoms with van der Waals surface area (Å²) >= 11 is 6.37. The summed E-state index contributed by atoms with van der Waals surface area (Å²) in [4.78, 5) is 31.4. The Morgan fingerprint density at radius 3 is 2.71 bits per heavy atom. The molecular formula is C30H25ClN4O3. The van der Waals surface area contributed by atoms with Crippen molar-refractivity contribution in [2.45, 2.75) is 12.8 Å². The van der Waals surface area contributed by atoms with Crippen molar-refractivity contribution in [3.8, 4) is 5.75 Å². The number of amides is 2. The van der Waals surface area contributed by atoms with Crippen LogP contribution in [0.25, 0.3) is 21.7 Å². The van der Waals surface area contributed by atoms with Crippen molar-refractivity contribution in [2.24, 2.45) is 0 Å². The fourth-order valence-electron chi connectivity index (χ4n) is 5.38. The summed E-state index contributed by atoms with van der Waals surface area (Å²) in [6, 6.07) is 21.4. The molecule has 1 aromatic heterocycles. The number of anilines is 3. The van der Waals surface area contributed by atoms with Crippen molar-refractivity contribution in [3.63, 3.8) is 0 Å². The Labute approximate surface area is 223 Å². The van der Waals surface area contributed by atoms with E-state index in [4.69, 9.17) is 17.3 Å². The molecule has 4 aromatic carbocycles. The number of nitrogen functional groups attached to an aromatic ring is 1. The van der Waals surface area contributed by atoms with Crippen molar-refractivity contribution < 1.29 is 14.7 Å². The predicted octanol–water partition coefficient (Wildman–Crippen LogP) is 6.15. The molecule has 2 heterocycles. The van der Waals surface area contributed by atoms with Crippen molar-refractivity contribution in [3.05, 3.63) is 95.2 Å². The van der Waals surface area contributed by atoms with E-state index in [0.717, 1.165) is 32.8 Å². The molecule has 190 valence electrons. The van der Waals surface area contributed by atoms with Crippen molar-refractivity contribution in [2.75, 3.05) is 28.4 Å². The number of aromatic hydroxyl groups is 1. The van der Waals surface area contributed by atoms with E-state index in [2.05, 4.69) is 10.3 Å². The van der Waals surface area contributed by atoms with Crippen LogP contribution < -0.4 is 16.0 Å². The standard InChI is InChI=1S/C30H25ClN4O3/c1-16-4-2-7-22-26(36)13-25-28(27(16)22)19(14-31)15-35(25)30(38)17-8-9-23-18(10-17)11-24(34-23)29(37)33-21-6-3-5-20(32)12-21/h2-13,19,34,36H,14-15,32H2,1H3,(H,33,37)/t19-/m1/s1. The first-order valence-corrected chi connectivity index (χ1v) is 12.8. The number of carbonyl (C=O) groups excluding carboxylic acids is 2. The van der Waals surface area contributed by atoms with E-state index < -0.39 is 0 Å². The van der Waals surface area contributed by atoms with Crippen molar-refractivity contribution >= 4 is 62.2 Å². The normalized spacial score (nSPS) is 14.7. The van der Waals surface area contributed by atoms with Gasteiger partial charge in [0.2, 0.25) is 0 Å². The molecule has 0 radical (unpaired) electrons. The summed E-state index contributed by atoms with van der Waals surface area (Å²) in [5.74, 6) is -0.0747. The number of fused-ring (bicyclic) bond motifs is 4. The van der Waals surface area contributed by atoms with Gasteiger partial charge in [0.25, 0.3) is 11.8 Å². The lowest BCUT2D eigenvalue weighted by atomic mass is 9.92. The monoisotopic (exact) mass is 524 g/mol. The predicted molar refractivity (Wildman–Crippen MR) is 153 cm³/mol. The number of aryl methyl sites for hydroxylation is 1. The third-order valence-electron chi connectivity index (χ3n) is 7.16. The maximum atomic E-state index is 13.8. The topological polar surface area (TPSA) is 111 Å². The molecule has 5 aromatic rings. The highest BCUT2D eigenvalue weighted by atomic mass is 35.5. The number of hydrogen-bond donors (Lipinski definition) is 4. The molecule has 0 spiro atoms. The molecule has 5 N–H and O–H groups in total. The van der Waals surface area contributed by atoms with E-state index in [1.807, 2.05) is 25.1 Å². The molecule has 1 aliphatic rings. The van der Waals surface area contributed by atoms with E-state index >= 15 is 0 Å². The summed E-state index contributed by atoms with van der Waals surface area (Å²) in [6.45, 7) is 2.42. The molecule has 0 fully saturated rings. The number of nitrogens with zero attached hydrogens (tertiary/aromatic N) is 1. The minimum Gasteiger partial charge on any atom is -0.507 e. The number of benzene rings is 4. The Morgan fingerprint density at radius 1 is 1.11 bits per heavy atom. The lowest BCUT2D eigenvalue weighted by molar-refractivity contribution is 0.0986. The highest BCUT2D eigenvalue weighted by Gasteiger charge is 2.35. The lowest BCUT2D eigenvalue weighted by Crippen LogP contribution is -2.30. The minimum atomic E-state index is -0.309. The van der Waals surface area contributed by atoms with E-state index in [1.54, 1.807) is 59.5 Å². The largest absolute Gasteiger partial charge is 0.507 e. The number of nitrogens with one attached hydrogen (secondary N) is 2. The van der Waals surface area contributed by atoms with Gasteiger partial charge >= 0.3 is 0 Å². The number of carbonyl (C=O) groups is 2. The molecule has 7 nitrogen and oxygen atoms in total. The number of phenolic OH excluding ortho intramolecular Hbond substituents is 1. The van der Waals surface area contributed by atoms with Gasteiger partial charge in [0, 0.05) is 57.6 Å². The third kappa shape index (κ3) is 3.92. The van der Waals surface area contributed by atoms with Crippen molar-refractivity contribution in [1.82, 2.24) is 4.98 Å². The Kier molecular flexibility index (Phi) is 5.73. The molecule has 6 rings (SSSR count). The second kappa shape index (κ2) is 9.11. The number of rotatable bonds is 4. The smallest absolute Gasteiger partial charge is 0.272 e. The summed E-state index contributed by atoms with van der Waals surface area (Å²) in [7, 11) is 0. The highest BCUT2D eigenvalue weighted by molar-refractivity contribution is 6.19. The molecule has 1 atom stereocenters. The number of aromatic nitrogens is 1. The van der Waals surface area contributed by atoms with Crippen LogP contribution in [0.2, 0.25) is 0 Å². The van der Waals surface area contributed by atoms with Gasteiger partial charge in [0.15, 0.2) is 0 Å². The molecule has 2 amide bonds. The number of phenols is 1. The second-order valence-corrected chi connectivity index (χ2v) is 9.97. The van der Waals surface area contributed by atoms with Crippen LogP contribution in [0.15, 0.2) is 72.8 Å². The number of hydrogen-bond acceptors (Lipinski definition) is 4. The van der Waals surface area contributed by atoms with Gasteiger partial charge < -0.3 is 26.0 Å². The van der Waals surface area contributed by atoms with Crippen molar-refractivity contribution in [1.29, 1.82) is 0 Å². The zero-order valence-electron chi connectivity index (χ0n) is 20.6. The van der Waals surface area contributed by atoms with Crippen LogP contribution in [0.3, 0.4) is 0 Å². The average molecular weight is 525 g/mol. The van der Waals surface area contributed by atoms with Crippen LogP contribution in [0.1, 0.15) is 37.9 Å². The van der Waals surface area contributed by atoms with Gasteiger partial charge in [-0.05, 0) is 65.9 Å². The lowest BCUT2D eigenvalue weighted by Gasteiger charge is -2.19. The van der Waals surface area contributed by atoms with Gasteiger partial charge in [-0.15, -0.1) is 11.6 Å². The summed E-state index contributed by atoms with van der Waals surface area (Å²) in [5, 5.41) is 16.0. The number of alkyl halides is 1. The van der Waals surface area contributed by atoms with Crippen LogP contribution in [0, 0.1) is 6.92 Å².